The molecule has 1 fully saturated rings. The summed E-state index contributed by atoms with van der Waals surface area (Å²) in [6.45, 7) is 0. The molecule has 23 heavy (non-hydrogen) atoms. The number of nitrogens with zero attached hydrogens (tertiary/aromatic N) is 1. The zero-order valence-corrected chi connectivity index (χ0v) is 12.3. The van der Waals surface area contributed by atoms with E-state index in [1.54, 1.807) is 6.20 Å². The van der Waals surface area contributed by atoms with Crippen LogP contribution in [0.4, 0.5) is 5.69 Å². The minimum atomic E-state index is -1.14. The number of carbonyl (C=O) groups excluding carboxylic acids is 2. The maximum atomic E-state index is 12.6. The fourth-order valence-electron chi connectivity index (χ4n) is 3.87. The number of nitrogens with one attached hydrogen (secondary N) is 1. The van der Waals surface area contributed by atoms with Gasteiger partial charge in [-0.25, -0.2) is 0 Å². The van der Waals surface area contributed by atoms with E-state index in [1.807, 2.05) is 42.5 Å². The van der Waals surface area contributed by atoms with Crippen LogP contribution in [0.15, 0.2) is 48.7 Å². The van der Waals surface area contributed by atoms with Crippen LogP contribution in [-0.2, 0) is 9.59 Å². The number of carbonyl (C=O) groups is 2. The Morgan fingerprint density at radius 2 is 1.87 bits per heavy atom. The van der Waals surface area contributed by atoms with Crippen molar-refractivity contribution in [2.75, 3.05) is 5.32 Å². The molecule has 116 valence electrons. The Kier molecular flexibility index (Phi) is 3.15. The molecule has 0 unspecified atom stereocenters. The first-order valence-corrected chi connectivity index (χ1v) is 7.68. The molecule has 1 aromatic heterocycles. The van der Waals surface area contributed by atoms with Gasteiger partial charge in [0.05, 0.1) is 23.3 Å². The topological polar surface area (TPSA) is 82.1 Å². The van der Waals surface area contributed by atoms with Gasteiger partial charge in [-0.3, -0.25) is 9.78 Å². The van der Waals surface area contributed by atoms with Gasteiger partial charge >= 0.3 is 0 Å². The van der Waals surface area contributed by atoms with Crippen molar-refractivity contribution >= 4 is 28.5 Å². The number of hydrogen-bond donors (Lipinski definition) is 1. The first-order chi connectivity index (χ1) is 11.1. The molecular weight excluding hydrogens is 292 g/mol. The lowest BCUT2D eigenvalue weighted by Gasteiger charge is -2.27. The van der Waals surface area contributed by atoms with E-state index in [9.17, 15) is 14.7 Å². The van der Waals surface area contributed by atoms with Crippen molar-refractivity contribution in [3.05, 3.63) is 48.7 Å². The number of carboxylic acids is 1. The fourth-order valence-corrected chi connectivity index (χ4v) is 3.87. The van der Waals surface area contributed by atoms with Crippen molar-refractivity contribution in [1.29, 1.82) is 0 Å². The monoisotopic (exact) mass is 307 g/mol. The Hall–Kier alpha value is -2.69. The summed E-state index contributed by atoms with van der Waals surface area (Å²) in [6.07, 6.45) is 6.16. The quantitative estimate of drug-likeness (QED) is 0.868. The number of hydrogen-bond acceptors (Lipinski definition) is 4. The molecular formula is C18H15N2O3-. The number of anilines is 1. The largest absolute Gasteiger partial charge is 0.550 e. The molecule has 0 aliphatic heterocycles. The van der Waals surface area contributed by atoms with E-state index in [0.29, 0.717) is 12.1 Å². The molecule has 0 radical (unpaired) electrons. The summed E-state index contributed by atoms with van der Waals surface area (Å²) in [6, 6.07) is 9.47. The van der Waals surface area contributed by atoms with Crippen LogP contribution >= 0.6 is 0 Å². The van der Waals surface area contributed by atoms with Gasteiger partial charge < -0.3 is 15.2 Å². The second-order valence-corrected chi connectivity index (χ2v) is 6.22. The van der Waals surface area contributed by atoms with E-state index < -0.39 is 17.8 Å². The second-order valence-electron chi connectivity index (χ2n) is 6.22. The van der Waals surface area contributed by atoms with Crippen LogP contribution in [0.2, 0.25) is 0 Å². The number of aromatic nitrogens is 1. The maximum absolute atomic E-state index is 12.6. The van der Waals surface area contributed by atoms with E-state index in [0.717, 1.165) is 10.9 Å². The third-order valence-electron chi connectivity index (χ3n) is 4.89. The standard InChI is InChI=1S/C18H16N2O3/c21-17(15-11-5-6-12(7-11)16(15)18(22)23)20-13-8-10-3-1-2-4-14(10)19-9-13/h1-6,8-9,11-12,15-16H,7H2,(H,20,21)(H,22,23)/p-1/t11-,12+,15+,16-/m1/s1. The van der Waals surface area contributed by atoms with Crippen LogP contribution in [0, 0.1) is 23.7 Å². The minimum absolute atomic E-state index is 0.0173. The highest BCUT2D eigenvalue weighted by molar-refractivity contribution is 5.97. The van der Waals surface area contributed by atoms with Crippen molar-refractivity contribution in [1.82, 2.24) is 4.98 Å². The molecule has 1 aromatic carbocycles. The number of aliphatic carboxylic acids is 1. The second kappa shape index (κ2) is 5.19. The summed E-state index contributed by atoms with van der Waals surface area (Å²) in [4.78, 5) is 28.3. The van der Waals surface area contributed by atoms with Crippen molar-refractivity contribution in [3.8, 4) is 0 Å². The number of amides is 1. The van der Waals surface area contributed by atoms with Gasteiger partial charge in [0.25, 0.3) is 0 Å². The van der Waals surface area contributed by atoms with Gasteiger partial charge in [0.15, 0.2) is 0 Å². The lowest BCUT2D eigenvalue weighted by molar-refractivity contribution is -0.313. The number of allylic oxidation sites excluding steroid dienone is 2. The number of pyridine rings is 1. The van der Waals surface area contributed by atoms with Crippen LogP contribution in [0.25, 0.3) is 10.9 Å². The van der Waals surface area contributed by atoms with Crippen molar-refractivity contribution in [2.24, 2.45) is 23.7 Å². The fraction of sp³-hybridized carbons (Fsp3) is 0.278. The molecule has 4 rings (SSSR count). The minimum Gasteiger partial charge on any atom is -0.550 e. The molecule has 5 heteroatoms. The highest BCUT2D eigenvalue weighted by Crippen LogP contribution is 2.48. The molecule has 5 nitrogen and oxygen atoms in total. The third-order valence-corrected chi connectivity index (χ3v) is 4.89. The van der Waals surface area contributed by atoms with Crippen molar-refractivity contribution in [3.63, 3.8) is 0 Å². The maximum Gasteiger partial charge on any atom is 0.228 e. The van der Waals surface area contributed by atoms with Crippen LogP contribution < -0.4 is 10.4 Å². The van der Waals surface area contributed by atoms with Gasteiger partial charge in [0.2, 0.25) is 5.91 Å². The molecule has 1 saturated carbocycles. The van der Waals surface area contributed by atoms with E-state index in [2.05, 4.69) is 10.3 Å². The average Bonchev–Trinajstić information content (AvgIpc) is 3.15. The SMILES string of the molecule is O=C(Nc1cnc2ccccc2c1)[C@@H]1[C@H](C(=O)[O-])[C@H]2C=C[C@@H]1C2. The summed E-state index contributed by atoms with van der Waals surface area (Å²) < 4.78 is 0. The summed E-state index contributed by atoms with van der Waals surface area (Å²) in [5, 5.41) is 15.1. The number of rotatable bonds is 3. The summed E-state index contributed by atoms with van der Waals surface area (Å²) in [7, 11) is 0. The van der Waals surface area contributed by atoms with Gasteiger partial charge in [0.1, 0.15) is 0 Å². The molecule has 2 bridgehead atoms. The predicted octanol–water partition coefficient (Wildman–Crippen LogP) is 1.36. The molecule has 4 atom stereocenters. The molecule has 2 aliphatic carbocycles. The lowest BCUT2D eigenvalue weighted by atomic mass is 9.82. The van der Waals surface area contributed by atoms with Crippen LogP contribution in [0.1, 0.15) is 6.42 Å². The van der Waals surface area contributed by atoms with Gasteiger partial charge in [-0.1, -0.05) is 30.4 Å². The van der Waals surface area contributed by atoms with Crippen LogP contribution in [0.3, 0.4) is 0 Å². The Morgan fingerprint density at radius 3 is 2.65 bits per heavy atom. The zero-order chi connectivity index (χ0) is 16.0. The van der Waals surface area contributed by atoms with Gasteiger partial charge in [-0.2, -0.15) is 0 Å². The molecule has 1 N–H and O–H groups in total. The Bertz CT molecular complexity index is 830. The first-order valence-electron chi connectivity index (χ1n) is 7.68. The lowest BCUT2D eigenvalue weighted by Crippen LogP contribution is -2.42. The van der Waals surface area contributed by atoms with Gasteiger partial charge in [-0.05, 0) is 30.4 Å². The Balaban J connectivity index is 1.59. The molecule has 2 aliphatic rings. The van der Waals surface area contributed by atoms with Gasteiger partial charge in [-0.15, -0.1) is 0 Å². The van der Waals surface area contributed by atoms with Crippen LogP contribution in [-0.4, -0.2) is 16.9 Å². The Labute approximate surface area is 133 Å². The number of benzene rings is 1. The molecule has 2 aromatic rings. The number of para-hydroxylation sites is 1. The highest BCUT2D eigenvalue weighted by atomic mass is 16.4. The highest BCUT2D eigenvalue weighted by Gasteiger charge is 2.48. The van der Waals surface area contributed by atoms with Crippen LogP contribution in [0.5, 0.6) is 0 Å². The molecule has 0 spiro atoms. The summed E-state index contributed by atoms with van der Waals surface area (Å²) >= 11 is 0. The summed E-state index contributed by atoms with van der Waals surface area (Å²) in [5.41, 5.74) is 1.43. The molecule has 1 heterocycles. The smallest absolute Gasteiger partial charge is 0.228 e. The van der Waals surface area contributed by atoms with E-state index >= 15 is 0 Å². The Morgan fingerprint density at radius 1 is 1.13 bits per heavy atom. The van der Waals surface area contributed by atoms with E-state index in [1.165, 1.54) is 0 Å². The number of carboxylic acid groups (broad SMARTS) is 1. The van der Waals surface area contributed by atoms with Crippen molar-refractivity contribution in [2.45, 2.75) is 6.42 Å². The third kappa shape index (κ3) is 2.29. The molecule has 0 saturated heterocycles. The van der Waals surface area contributed by atoms with E-state index in [-0.39, 0.29) is 17.7 Å². The normalized spacial score (nSPS) is 28.2. The van der Waals surface area contributed by atoms with Crippen molar-refractivity contribution < 1.29 is 14.7 Å². The van der Waals surface area contributed by atoms with Gasteiger partial charge in [0, 0.05) is 17.3 Å². The zero-order valence-electron chi connectivity index (χ0n) is 12.3. The first kappa shape index (κ1) is 13.9. The average molecular weight is 307 g/mol. The summed E-state index contributed by atoms with van der Waals surface area (Å²) in [5.74, 6) is -2.82. The molecule has 1 amide bonds. The van der Waals surface area contributed by atoms with E-state index in [4.69, 9.17) is 0 Å². The number of fused-ring (bicyclic) bond motifs is 3. The predicted molar refractivity (Wildman–Crippen MR) is 83.1 cm³/mol.